The van der Waals surface area contributed by atoms with Gasteiger partial charge < -0.3 is 0 Å². The van der Waals surface area contributed by atoms with Crippen LogP contribution in [0, 0.1) is 0 Å². The zero-order valence-corrected chi connectivity index (χ0v) is 3.81. The third-order valence-corrected chi connectivity index (χ3v) is 0.167. The maximum Gasteiger partial charge on any atom is 0.0708 e. The largest absolute Gasteiger partial charge is 0.104 e. The minimum Gasteiger partial charge on any atom is -0.104 e. The molecule has 2 heteroatoms. The Labute approximate surface area is 44.5 Å². The molecule has 0 aliphatic heterocycles. The van der Waals surface area contributed by atoms with E-state index in [-0.39, 0.29) is 17.1 Å². The molecule has 0 aromatic heterocycles. The van der Waals surface area contributed by atoms with Crippen molar-refractivity contribution in [2.24, 2.45) is 0 Å². The fourth-order valence-electron chi connectivity index (χ4n) is 0. The molecule has 0 N–H and O–H groups in total. The van der Waals surface area contributed by atoms with E-state index in [0.717, 1.165) is 0 Å². The van der Waals surface area contributed by atoms with Crippen LogP contribution in [0.25, 0.3) is 0 Å². The van der Waals surface area contributed by atoms with Gasteiger partial charge in [-0.3, -0.25) is 0 Å². The summed E-state index contributed by atoms with van der Waals surface area (Å²) >= 11 is 0. The van der Waals surface area contributed by atoms with E-state index in [4.69, 9.17) is 7.85 Å². The Morgan fingerprint density at radius 3 is 2.00 bits per heavy atom. The van der Waals surface area contributed by atoms with E-state index in [2.05, 4.69) is 6.58 Å². The second kappa shape index (κ2) is 8.85. The van der Waals surface area contributed by atoms with E-state index in [1.54, 1.807) is 6.08 Å². The molecule has 0 aliphatic carbocycles. The van der Waals surface area contributed by atoms with Crippen molar-refractivity contribution in [3.8, 4) is 0 Å². The Balaban J connectivity index is 0. The summed E-state index contributed by atoms with van der Waals surface area (Å²) in [6.07, 6.45) is 2.24. The molecule has 0 atom stereocenters. The van der Waals surface area contributed by atoms with Gasteiger partial charge in [0.1, 0.15) is 0 Å². The summed E-state index contributed by atoms with van der Waals surface area (Å²) in [5.41, 5.74) is 0. The summed E-state index contributed by atoms with van der Waals surface area (Å²) in [5, 5.41) is 0. The molecule has 5 heavy (non-hydrogen) atoms. The van der Waals surface area contributed by atoms with Crippen molar-refractivity contribution in [2.45, 2.75) is 6.32 Å². The summed E-state index contributed by atoms with van der Waals surface area (Å²) in [7, 11) is 4.91. The zero-order valence-electron chi connectivity index (χ0n) is 2.87. The summed E-state index contributed by atoms with van der Waals surface area (Å²) in [6.45, 7) is 3.35. The Hall–Kier alpha value is 0.324. The van der Waals surface area contributed by atoms with Gasteiger partial charge in [0.05, 0.1) is 7.85 Å². The molecular weight excluding hydrogens is 110 g/mol. The van der Waals surface area contributed by atoms with E-state index in [0.29, 0.717) is 6.32 Å². The van der Waals surface area contributed by atoms with Crippen molar-refractivity contribution in [1.82, 2.24) is 0 Å². The molecule has 0 rings (SSSR count). The summed E-state index contributed by atoms with van der Waals surface area (Å²) < 4.78 is 0. The molecule has 0 aromatic carbocycles. The van der Waals surface area contributed by atoms with Gasteiger partial charge in [0.25, 0.3) is 0 Å². The molecule has 0 amide bonds. The normalized spacial score (nSPS) is 4.80. The van der Waals surface area contributed by atoms with Crippen LogP contribution < -0.4 is 0 Å². The SMILES string of the molecule is [B]CC=C.[Cu]. The quantitative estimate of drug-likeness (QED) is 0.350. The molecular formula is C3H5BCu. The number of hydrogen-bond donors (Lipinski definition) is 0. The van der Waals surface area contributed by atoms with Crippen LogP contribution in [0.2, 0.25) is 6.32 Å². The predicted molar refractivity (Wildman–Crippen MR) is 20.8 cm³/mol. The molecule has 0 nitrogen and oxygen atoms in total. The average molecular weight is 115 g/mol. The predicted octanol–water partition coefficient (Wildman–Crippen LogP) is 0.757. The maximum atomic E-state index is 4.91. The average Bonchev–Trinajstić information content (AvgIpc) is 1.37. The third-order valence-electron chi connectivity index (χ3n) is 0.167. The van der Waals surface area contributed by atoms with E-state index in [9.17, 15) is 0 Å². The Morgan fingerprint density at radius 2 is 2.00 bits per heavy atom. The molecule has 31 valence electrons. The molecule has 0 saturated carbocycles. The monoisotopic (exact) mass is 115 g/mol. The minimum absolute atomic E-state index is 0. The van der Waals surface area contributed by atoms with Gasteiger partial charge in [0.2, 0.25) is 0 Å². The van der Waals surface area contributed by atoms with Crippen molar-refractivity contribution in [3.63, 3.8) is 0 Å². The summed E-state index contributed by atoms with van der Waals surface area (Å²) in [5.74, 6) is 0. The molecule has 0 saturated heterocycles. The van der Waals surface area contributed by atoms with Gasteiger partial charge in [-0.15, -0.1) is 12.7 Å². The second-order valence-corrected chi connectivity index (χ2v) is 0.524. The first-order valence-corrected chi connectivity index (χ1v) is 1.22. The van der Waals surface area contributed by atoms with Crippen LogP contribution in [-0.4, -0.2) is 7.85 Å². The molecule has 0 fully saturated rings. The van der Waals surface area contributed by atoms with E-state index >= 15 is 0 Å². The number of hydrogen-bond acceptors (Lipinski definition) is 0. The van der Waals surface area contributed by atoms with Crippen molar-refractivity contribution < 1.29 is 17.1 Å². The van der Waals surface area contributed by atoms with Crippen molar-refractivity contribution in [2.75, 3.05) is 0 Å². The topological polar surface area (TPSA) is 0 Å². The minimum atomic E-state index is 0. The van der Waals surface area contributed by atoms with Crippen LogP contribution in [-0.2, 0) is 17.1 Å². The van der Waals surface area contributed by atoms with Crippen LogP contribution in [0.5, 0.6) is 0 Å². The summed E-state index contributed by atoms with van der Waals surface area (Å²) in [4.78, 5) is 0. The Kier molecular flexibility index (Phi) is 15.9. The maximum absolute atomic E-state index is 4.91. The van der Waals surface area contributed by atoms with Crippen LogP contribution in [0.15, 0.2) is 12.7 Å². The third kappa shape index (κ3) is 13.3. The standard InChI is InChI=1S/C3H5B.Cu/c1-2-3-4;/h2H,1,3H2;. The van der Waals surface area contributed by atoms with E-state index < -0.39 is 0 Å². The molecule has 0 aromatic rings. The van der Waals surface area contributed by atoms with Crippen LogP contribution in [0.1, 0.15) is 0 Å². The fraction of sp³-hybridized carbons (Fsp3) is 0.333. The van der Waals surface area contributed by atoms with Crippen LogP contribution in [0.4, 0.5) is 0 Å². The second-order valence-electron chi connectivity index (χ2n) is 0.524. The van der Waals surface area contributed by atoms with E-state index in [1.165, 1.54) is 0 Å². The van der Waals surface area contributed by atoms with Gasteiger partial charge in [-0.05, 0) is 0 Å². The molecule has 3 radical (unpaired) electrons. The zero-order chi connectivity index (χ0) is 3.41. The molecule has 0 aliphatic rings. The van der Waals surface area contributed by atoms with Crippen molar-refractivity contribution in [1.29, 1.82) is 0 Å². The summed E-state index contributed by atoms with van der Waals surface area (Å²) in [6, 6.07) is 0. The van der Waals surface area contributed by atoms with E-state index in [1.807, 2.05) is 0 Å². The van der Waals surface area contributed by atoms with Crippen molar-refractivity contribution >= 4 is 7.85 Å². The van der Waals surface area contributed by atoms with Gasteiger partial charge >= 0.3 is 0 Å². The first-order valence-electron chi connectivity index (χ1n) is 1.22. The molecule has 0 unspecified atom stereocenters. The molecule has 0 heterocycles. The van der Waals surface area contributed by atoms with Crippen LogP contribution in [0.3, 0.4) is 0 Å². The Bertz CT molecular complexity index is 20.9. The number of rotatable bonds is 1. The van der Waals surface area contributed by atoms with Gasteiger partial charge in [0, 0.05) is 17.1 Å². The first-order chi connectivity index (χ1) is 1.91. The number of allylic oxidation sites excluding steroid dienone is 1. The first kappa shape index (κ1) is 9.01. The van der Waals surface area contributed by atoms with Crippen LogP contribution >= 0.6 is 0 Å². The van der Waals surface area contributed by atoms with Crippen molar-refractivity contribution in [3.05, 3.63) is 12.7 Å². The fourth-order valence-corrected chi connectivity index (χ4v) is 0. The molecule has 0 bridgehead atoms. The smallest absolute Gasteiger partial charge is 0.0708 e. The Morgan fingerprint density at radius 1 is 1.80 bits per heavy atom. The molecule has 0 spiro atoms. The van der Waals surface area contributed by atoms with Gasteiger partial charge in [0.15, 0.2) is 0 Å². The van der Waals surface area contributed by atoms with Gasteiger partial charge in [-0.2, -0.15) is 0 Å². The van der Waals surface area contributed by atoms with Gasteiger partial charge in [-0.1, -0.05) is 6.32 Å². The van der Waals surface area contributed by atoms with Gasteiger partial charge in [-0.25, -0.2) is 0 Å².